The molecule has 1 rings (SSSR count). The molecule has 1 N–H and O–H groups in total. The Labute approximate surface area is 53.6 Å². The summed E-state index contributed by atoms with van der Waals surface area (Å²) in [5.74, 6) is 0.733. The Morgan fingerprint density at radius 2 is 2.67 bits per heavy atom. The van der Waals surface area contributed by atoms with E-state index < -0.39 is 0 Å². The van der Waals surface area contributed by atoms with Gasteiger partial charge in [-0.1, -0.05) is 0 Å². The predicted octanol–water partition coefficient (Wildman–Crippen LogP) is 1.30. The van der Waals surface area contributed by atoms with Crippen LogP contribution in [0.1, 0.15) is 0 Å². The molecule has 0 aliphatic carbocycles. The van der Waals surface area contributed by atoms with Crippen molar-refractivity contribution in [3.05, 3.63) is 18.4 Å². The third kappa shape index (κ3) is 1.77. The van der Waals surface area contributed by atoms with E-state index in [1.807, 2.05) is 12.1 Å². The first kappa shape index (κ1) is 6.16. The Bertz CT molecular complexity index is 148. The third-order valence-corrected chi connectivity index (χ3v) is 0.912. The molecule has 1 aromatic heterocycles. The van der Waals surface area contributed by atoms with E-state index in [0.29, 0.717) is 6.73 Å². The Morgan fingerprint density at radius 3 is 3.22 bits per heavy atom. The molecule has 1 heterocycles. The summed E-state index contributed by atoms with van der Waals surface area (Å²) in [5.41, 5.74) is 0. The van der Waals surface area contributed by atoms with Gasteiger partial charge in [-0.15, -0.1) is 0 Å². The summed E-state index contributed by atoms with van der Waals surface area (Å²) in [7, 11) is 1.62. The molecule has 0 saturated heterocycles. The molecule has 0 unspecified atom stereocenters. The first-order valence-corrected chi connectivity index (χ1v) is 2.70. The van der Waals surface area contributed by atoms with Gasteiger partial charge in [0.2, 0.25) is 0 Å². The van der Waals surface area contributed by atoms with E-state index in [1.165, 1.54) is 0 Å². The normalized spacial score (nSPS) is 9.44. The van der Waals surface area contributed by atoms with Crippen molar-refractivity contribution in [3.8, 4) is 0 Å². The molecule has 0 amide bonds. The lowest BCUT2D eigenvalue weighted by Crippen LogP contribution is -2.01. The summed E-state index contributed by atoms with van der Waals surface area (Å²) in [6.07, 6.45) is 1.61. The van der Waals surface area contributed by atoms with Gasteiger partial charge in [-0.25, -0.2) is 0 Å². The van der Waals surface area contributed by atoms with Crippen LogP contribution in [-0.4, -0.2) is 13.8 Å². The quantitative estimate of drug-likeness (QED) is 0.621. The minimum Gasteiger partial charge on any atom is -0.449 e. The SMILES string of the molecule is COCNc1ccco1. The molecular weight excluding hydrogens is 118 g/mol. The molecule has 0 bridgehead atoms. The Balaban J connectivity index is 2.30. The van der Waals surface area contributed by atoms with E-state index in [0.717, 1.165) is 5.88 Å². The minimum atomic E-state index is 0.480. The highest BCUT2D eigenvalue weighted by Gasteiger charge is 1.88. The van der Waals surface area contributed by atoms with E-state index in [-0.39, 0.29) is 0 Å². The number of ether oxygens (including phenoxy) is 1. The van der Waals surface area contributed by atoms with Crippen LogP contribution in [0.3, 0.4) is 0 Å². The van der Waals surface area contributed by atoms with Crippen LogP contribution >= 0.6 is 0 Å². The fraction of sp³-hybridized carbons (Fsp3) is 0.333. The molecule has 0 spiro atoms. The Kier molecular flexibility index (Phi) is 2.15. The van der Waals surface area contributed by atoms with Gasteiger partial charge in [-0.3, -0.25) is 0 Å². The second kappa shape index (κ2) is 3.14. The lowest BCUT2D eigenvalue weighted by atomic mass is 10.6. The molecule has 0 atom stereocenters. The summed E-state index contributed by atoms with van der Waals surface area (Å²) in [5, 5.41) is 2.89. The molecule has 9 heavy (non-hydrogen) atoms. The van der Waals surface area contributed by atoms with Gasteiger partial charge < -0.3 is 14.5 Å². The number of hydrogen-bond acceptors (Lipinski definition) is 3. The number of rotatable bonds is 3. The van der Waals surface area contributed by atoms with Crippen LogP contribution in [0.2, 0.25) is 0 Å². The minimum absolute atomic E-state index is 0.480. The molecule has 0 fully saturated rings. The third-order valence-electron chi connectivity index (χ3n) is 0.912. The predicted molar refractivity (Wildman–Crippen MR) is 34.2 cm³/mol. The van der Waals surface area contributed by atoms with Crippen molar-refractivity contribution in [2.45, 2.75) is 0 Å². The Hall–Kier alpha value is -0.960. The van der Waals surface area contributed by atoms with Crippen molar-refractivity contribution in [1.29, 1.82) is 0 Å². The van der Waals surface area contributed by atoms with E-state index >= 15 is 0 Å². The van der Waals surface area contributed by atoms with Gasteiger partial charge in [0, 0.05) is 13.2 Å². The van der Waals surface area contributed by atoms with Crippen LogP contribution in [-0.2, 0) is 4.74 Å². The van der Waals surface area contributed by atoms with Crippen LogP contribution in [0.5, 0.6) is 0 Å². The second-order valence-electron chi connectivity index (χ2n) is 1.59. The zero-order chi connectivity index (χ0) is 6.53. The van der Waals surface area contributed by atoms with Crippen molar-refractivity contribution < 1.29 is 9.15 Å². The van der Waals surface area contributed by atoms with Crippen molar-refractivity contribution in [2.75, 3.05) is 19.2 Å². The summed E-state index contributed by atoms with van der Waals surface area (Å²) < 4.78 is 9.69. The summed E-state index contributed by atoms with van der Waals surface area (Å²) in [6, 6.07) is 3.65. The second-order valence-corrected chi connectivity index (χ2v) is 1.59. The van der Waals surface area contributed by atoms with Crippen LogP contribution < -0.4 is 5.32 Å². The van der Waals surface area contributed by atoms with Crippen molar-refractivity contribution in [2.24, 2.45) is 0 Å². The summed E-state index contributed by atoms with van der Waals surface area (Å²) in [4.78, 5) is 0. The maximum absolute atomic E-state index is 4.94. The van der Waals surface area contributed by atoms with Gasteiger partial charge >= 0.3 is 0 Å². The van der Waals surface area contributed by atoms with E-state index in [4.69, 9.17) is 9.15 Å². The van der Waals surface area contributed by atoms with Gasteiger partial charge in [0.15, 0.2) is 5.88 Å². The maximum atomic E-state index is 4.94. The average Bonchev–Trinajstić information content (AvgIpc) is 2.34. The number of methoxy groups -OCH3 is 1. The zero-order valence-electron chi connectivity index (χ0n) is 5.26. The van der Waals surface area contributed by atoms with Crippen molar-refractivity contribution in [1.82, 2.24) is 0 Å². The topological polar surface area (TPSA) is 34.4 Å². The molecule has 0 aliphatic rings. The molecule has 1 aromatic rings. The van der Waals surface area contributed by atoms with Crippen LogP contribution in [0.4, 0.5) is 5.88 Å². The van der Waals surface area contributed by atoms with Gasteiger partial charge in [-0.05, 0) is 6.07 Å². The standard InChI is InChI=1S/C6H9NO2/c1-8-5-7-6-3-2-4-9-6/h2-4,7H,5H2,1H3. The Morgan fingerprint density at radius 1 is 1.78 bits per heavy atom. The smallest absolute Gasteiger partial charge is 0.194 e. The number of anilines is 1. The van der Waals surface area contributed by atoms with Gasteiger partial charge in [0.1, 0.15) is 6.73 Å². The number of hydrogen-bond donors (Lipinski definition) is 1. The molecule has 50 valence electrons. The van der Waals surface area contributed by atoms with E-state index in [1.54, 1.807) is 13.4 Å². The van der Waals surface area contributed by atoms with Crippen LogP contribution in [0.15, 0.2) is 22.8 Å². The van der Waals surface area contributed by atoms with Crippen molar-refractivity contribution in [3.63, 3.8) is 0 Å². The lowest BCUT2D eigenvalue weighted by Gasteiger charge is -1.97. The highest BCUT2D eigenvalue weighted by Crippen LogP contribution is 2.04. The summed E-state index contributed by atoms with van der Waals surface area (Å²) in [6.45, 7) is 0.480. The molecule has 3 heteroatoms. The molecule has 0 radical (unpaired) electrons. The van der Waals surface area contributed by atoms with Crippen molar-refractivity contribution >= 4 is 5.88 Å². The first-order chi connectivity index (χ1) is 4.43. The van der Waals surface area contributed by atoms with E-state index in [9.17, 15) is 0 Å². The highest BCUT2D eigenvalue weighted by atomic mass is 16.5. The fourth-order valence-electron chi connectivity index (χ4n) is 0.522. The van der Waals surface area contributed by atoms with Crippen LogP contribution in [0.25, 0.3) is 0 Å². The lowest BCUT2D eigenvalue weighted by molar-refractivity contribution is 0.219. The largest absolute Gasteiger partial charge is 0.449 e. The molecule has 0 aromatic carbocycles. The van der Waals surface area contributed by atoms with E-state index in [2.05, 4.69) is 5.32 Å². The first-order valence-electron chi connectivity index (χ1n) is 2.70. The van der Waals surface area contributed by atoms with Gasteiger partial charge in [0.25, 0.3) is 0 Å². The molecule has 0 aliphatic heterocycles. The summed E-state index contributed by atoms with van der Waals surface area (Å²) >= 11 is 0. The van der Waals surface area contributed by atoms with Crippen LogP contribution in [0, 0.1) is 0 Å². The molecule has 3 nitrogen and oxygen atoms in total. The van der Waals surface area contributed by atoms with Gasteiger partial charge in [-0.2, -0.15) is 0 Å². The zero-order valence-corrected chi connectivity index (χ0v) is 5.26. The van der Waals surface area contributed by atoms with Gasteiger partial charge in [0.05, 0.1) is 6.26 Å². The fourth-order valence-corrected chi connectivity index (χ4v) is 0.522. The number of furan rings is 1. The molecule has 0 saturated carbocycles. The highest BCUT2D eigenvalue weighted by molar-refractivity contribution is 5.28. The average molecular weight is 127 g/mol. The number of nitrogens with one attached hydrogen (secondary N) is 1. The monoisotopic (exact) mass is 127 g/mol. The maximum Gasteiger partial charge on any atom is 0.194 e. The molecular formula is C6H9NO2.